The zero-order valence-corrected chi connectivity index (χ0v) is 22.1. The predicted octanol–water partition coefficient (Wildman–Crippen LogP) is 4.10. The molecule has 0 unspecified atom stereocenters. The number of nitrogens with one attached hydrogen (secondary N) is 1. The van der Waals surface area contributed by atoms with E-state index < -0.39 is 12.2 Å². The minimum atomic E-state index is -0.540. The van der Waals surface area contributed by atoms with Gasteiger partial charge in [0, 0.05) is 54.8 Å². The minimum absolute atomic E-state index is 0.192. The number of fused-ring (bicyclic) bond motifs is 1. The van der Waals surface area contributed by atoms with Gasteiger partial charge >= 0.3 is 6.09 Å². The monoisotopic (exact) mass is 603 g/mol. The van der Waals surface area contributed by atoms with Crippen LogP contribution in [0.3, 0.4) is 0 Å². The maximum atomic E-state index is 15.2. The molecule has 0 aliphatic carbocycles. The van der Waals surface area contributed by atoms with Gasteiger partial charge in [-0.05, 0) is 35.9 Å². The Bertz CT molecular complexity index is 1300. The Morgan fingerprint density at radius 1 is 1.11 bits per heavy atom. The summed E-state index contributed by atoms with van der Waals surface area (Å²) < 4.78 is 21.4. The zero-order valence-electron chi connectivity index (χ0n) is 19.9. The highest BCUT2D eigenvalue weighted by atomic mass is 127. The summed E-state index contributed by atoms with van der Waals surface area (Å²) in [5.41, 5.74) is 4.36. The largest absolute Gasteiger partial charge is 0.442 e. The first-order valence-corrected chi connectivity index (χ1v) is 13.4. The van der Waals surface area contributed by atoms with Gasteiger partial charge in [-0.25, -0.2) is 9.18 Å². The molecule has 0 bridgehead atoms. The number of carbonyl (C=O) groups is 2. The summed E-state index contributed by atoms with van der Waals surface area (Å²) in [6.45, 7) is 4.77. The van der Waals surface area contributed by atoms with Crippen LogP contribution in [0.2, 0.25) is 0 Å². The Kier molecular flexibility index (Phi) is 7.13. The summed E-state index contributed by atoms with van der Waals surface area (Å²) in [7, 11) is 0. The van der Waals surface area contributed by atoms with Crippen LogP contribution in [-0.2, 0) is 14.0 Å². The number of nitrogens with zero attached hydrogens (tertiary/aromatic N) is 4. The maximum Gasteiger partial charge on any atom is 0.414 e. The Labute approximate surface area is 222 Å². The van der Waals surface area contributed by atoms with Gasteiger partial charge in [0.15, 0.2) is 0 Å². The molecule has 10 heteroatoms. The lowest BCUT2D eigenvalue weighted by atomic mass is 10.1. The van der Waals surface area contributed by atoms with E-state index in [0.29, 0.717) is 24.5 Å². The van der Waals surface area contributed by atoms with E-state index in [1.165, 1.54) is 23.5 Å². The number of ether oxygens (including phenoxy) is 1. The molecular weight excluding hydrogens is 576 g/mol. The number of aromatic nitrogens is 1. The molecule has 36 heavy (non-hydrogen) atoms. The molecule has 188 valence electrons. The van der Waals surface area contributed by atoms with E-state index in [1.807, 2.05) is 17.2 Å². The van der Waals surface area contributed by atoms with Crippen LogP contribution in [-0.4, -0.2) is 62.4 Å². The van der Waals surface area contributed by atoms with Gasteiger partial charge in [-0.15, -0.1) is 0 Å². The summed E-state index contributed by atoms with van der Waals surface area (Å²) in [5.74, 6) is -0.567. The molecule has 1 aromatic heterocycles. The third kappa shape index (κ3) is 5.04. The normalized spacial score (nSPS) is 18.0. The molecule has 2 aromatic carbocycles. The Hall–Kier alpha value is -3.15. The molecule has 5 rings (SSSR count). The van der Waals surface area contributed by atoms with Crippen molar-refractivity contribution in [2.75, 3.05) is 54.0 Å². The van der Waals surface area contributed by atoms with E-state index in [4.69, 9.17) is 4.74 Å². The molecule has 3 aromatic rings. The number of cyclic esters (lactones) is 1. The van der Waals surface area contributed by atoms with Crippen LogP contribution in [0.15, 0.2) is 48.7 Å². The highest BCUT2D eigenvalue weighted by Crippen LogP contribution is 2.31. The summed E-state index contributed by atoms with van der Waals surface area (Å²) >= 11 is 2.35. The molecule has 2 amide bonds. The summed E-state index contributed by atoms with van der Waals surface area (Å²) in [6.07, 6.45) is 0.847. The Morgan fingerprint density at radius 2 is 1.86 bits per heavy atom. The fraction of sp³-hybridized carbons (Fsp3) is 0.346. The van der Waals surface area contributed by atoms with Gasteiger partial charge in [0.1, 0.15) is 11.9 Å². The van der Waals surface area contributed by atoms with Crippen LogP contribution in [0.4, 0.5) is 26.2 Å². The Morgan fingerprint density at radius 3 is 2.56 bits per heavy atom. The van der Waals surface area contributed by atoms with Crippen molar-refractivity contribution in [1.82, 2.24) is 10.3 Å². The lowest BCUT2D eigenvalue weighted by molar-refractivity contribution is -0.119. The van der Waals surface area contributed by atoms with Crippen LogP contribution < -0.4 is 20.0 Å². The average molecular weight is 603 g/mol. The van der Waals surface area contributed by atoms with Crippen molar-refractivity contribution in [2.24, 2.45) is 0 Å². The smallest absolute Gasteiger partial charge is 0.414 e. The van der Waals surface area contributed by atoms with Crippen molar-refractivity contribution in [3.63, 3.8) is 0 Å². The molecule has 2 saturated heterocycles. The van der Waals surface area contributed by atoms with Gasteiger partial charge in [-0.3, -0.25) is 14.7 Å². The maximum absolute atomic E-state index is 15.2. The molecule has 1 N–H and O–H groups in total. The lowest BCUT2D eigenvalue weighted by Gasteiger charge is -2.38. The van der Waals surface area contributed by atoms with Crippen molar-refractivity contribution in [3.05, 3.63) is 60.0 Å². The van der Waals surface area contributed by atoms with Crippen LogP contribution in [0.5, 0.6) is 0 Å². The van der Waals surface area contributed by atoms with E-state index in [0.717, 1.165) is 34.1 Å². The molecule has 1 atom stereocenters. The van der Waals surface area contributed by atoms with E-state index in [9.17, 15) is 9.59 Å². The second-order valence-corrected chi connectivity index (χ2v) is 9.74. The van der Waals surface area contributed by atoms with Crippen molar-refractivity contribution in [2.45, 2.75) is 17.5 Å². The van der Waals surface area contributed by atoms with Crippen LogP contribution in [0.25, 0.3) is 10.9 Å². The predicted molar refractivity (Wildman–Crippen MR) is 147 cm³/mol. The number of alkyl halides is 1. The highest BCUT2D eigenvalue weighted by Gasteiger charge is 2.33. The number of halogens is 2. The quantitative estimate of drug-likeness (QED) is 0.338. The first-order valence-electron chi connectivity index (χ1n) is 11.9. The number of benzene rings is 2. The standard InChI is InChI=1S/C26H27FIN5O3/c1-17(34)30-15-20-16-33(26(35)36-20)19-3-5-25(22(27)13-19)32-10-8-31(9-11-32)24-6-7-29-23-12-18(14-28)2-4-21(23)24/h2-7,12-13,20H,8-11,14-16H2,1H3,(H,30,34)/t20-/m0/s1. The molecule has 8 nitrogen and oxygen atoms in total. The number of hydrogen-bond acceptors (Lipinski definition) is 6. The van der Waals surface area contributed by atoms with Crippen molar-refractivity contribution < 1.29 is 18.7 Å². The molecular formula is C26H27FIN5O3. The van der Waals surface area contributed by atoms with Crippen molar-refractivity contribution >= 4 is 62.6 Å². The number of amides is 2. The lowest BCUT2D eigenvalue weighted by Crippen LogP contribution is -2.47. The fourth-order valence-corrected chi connectivity index (χ4v) is 5.22. The average Bonchev–Trinajstić information content (AvgIpc) is 3.27. The molecule has 2 aliphatic rings. The molecule has 2 fully saturated rings. The number of hydrogen-bond donors (Lipinski definition) is 1. The number of anilines is 3. The van der Waals surface area contributed by atoms with Crippen molar-refractivity contribution in [1.29, 1.82) is 0 Å². The SMILES string of the molecule is CC(=O)NC[C@H]1CN(c2ccc(N3CCN(c4ccnc5cc(CI)ccc45)CC3)c(F)c2)C(=O)O1. The summed E-state index contributed by atoms with van der Waals surface area (Å²) in [4.78, 5) is 33.7. The van der Waals surface area contributed by atoms with Gasteiger partial charge in [0.05, 0.1) is 30.0 Å². The third-order valence-corrected chi connectivity index (χ3v) is 7.48. The van der Waals surface area contributed by atoms with Gasteiger partial charge in [-0.1, -0.05) is 34.7 Å². The van der Waals surface area contributed by atoms with Crippen molar-refractivity contribution in [3.8, 4) is 0 Å². The number of pyridine rings is 1. The van der Waals surface area contributed by atoms with E-state index in [-0.39, 0.29) is 24.8 Å². The van der Waals surface area contributed by atoms with Gasteiger partial charge in [-0.2, -0.15) is 0 Å². The van der Waals surface area contributed by atoms with E-state index in [1.54, 1.807) is 12.1 Å². The first-order chi connectivity index (χ1) is 17.4. The molecule has 0 radical (unpaired) electrons. The van der Waals surface area contributed by atoms with Crippen LogP contribution in [0, 0.1) is 5.82 Å². The first kappa shape index (κ1) is 24.5. The number of carbonyl (C=O) groups excluding carboxylic acids is 2. The topological polar surface area (TPSA) is 78.0 Å². The molecule has 0 spiro atoms. The van der Waals surface area contributed by atoms with Gasteiger partial charge in [0.2, 0.25) is 5.91 Å². The second-order valence-electron chi connectivity index (χ2n) is 8.98. The molecule has 2 aliphatic heterocycles. The van der Waals surface area contributed by atoms with Gasteiger partial charge < -0.3 is 19.9 Å². The number of rotatable bonds is 6. The van der Waals surface area contributed by atoms with Gasteiger partial charge in [0.25, 0.3) is 0 Å². The number of piperazine rings is 1. The van der Waals surface area contributed by atoms with Crippen LogP contribution >= 0.6 is 22.6 Å². The second kappa shape index (κ2) is 10.5. The molecule has 0 saturated carbocycles. The third-order valence-electron chi connectivity index (χ3n) is 6.60. The molecule has 3 heterocycles. The summed E-state index contributed by atoms with van der Waals surface area (Å²) in [5, 5.41) is 3.77. The van der Waals surface area contributed by atoms with Crippen LogP contribution in [0.1, 0.15) is 12.5 Å². The highest BCUT2D eigenvalue weighted by molar-refractivity contribution is 14.1. The van der Waals surface area contributed by atoms with E-state index >= 15 is 4.39 Å². The Balaban J connectivity index is 1.25. The summed E-state index contributed by atoms with van der Waals surface area (Å²) in [6, 6.07) is 13.3. The minimum Gasteiger partial charge on any atom is -0.442 e. The fourth-order valence-electron chi connectivity index (χ4n) is 4.74. The zero-order chi connectivity index (χ0) is 25.2. The van der Waals surface area contributed by atoms with E-state index in [2.05, 4.69) is 56.0 Å².